The lowest BCUT2D eigenvalue weighted by molar-refractivity contribution is -0.123. The van der Waals surface area contributed by atoms with Gasteiger partial charge in [-0.15, -0.1) is 0 Å². The smallest absolute Gasteiger partial charge is 0.293 e. The maximum atomic E-state index is 12.8. The Labute approximate surface area is 202 Å². The predicted octanol–water partition coefficient (Wildman–Crippen LogP) is 6.47. The van der Waals surface area contributed by atoms with Gasteiger partial charge in [0.05, 0.1) is 18.6 Å². The second-order valence-corrected chi connectivity index (χ2v) is 9.01. The molecule has 0 bridgehead atoms. The van der Waals surface area contributed by atoms with Crippen LogP contribution in [0, 0.1) is 6.92 Å². The van der Waals surface area contributed by atoms with Crippen molar-refractivity contribution in [3.63, 3.8) is 0 Å². The Morgan fingerprint density at radius 1 is 0.970 bits per heavy atom. The number of benzene rings is 3. The molecule has 1 saturated heterocycles. The number of carbonyl (C=O) groups is 2. The van der Waals surface area contributed by atoms with Crippen molar-refractivity contribution in [2.24, 2.45) is 0 Å². The summed E-state index contributed by atoms with van der Waals surface area (Å²) < 4.78 is 11.4. The minimum atomic E-state index is -0.321. The van der Waals surface area contributed by atoms with Gasteiger partial charge < -0.3 is 9.47 Å². The minimum absolute atomic E-state index is 0.203. The van der Waals surface area contributed by atoms with Crippen molar-refractivity contribution in [3.05, 3.63) is 98.9 Å². The Balaban J connectivity index is 1.48. The molecular weight excluding hydrogens is 458 g/mol. The van der Waals surface area contributed by atoms with Crippen LogP contribution in [0.3, 0.4) is 0 Å². The van der Waals surface area contributed by atoms with E-state index in [1.54, 1.807) is 49.6 Å². The number of imide groups is 1. The fourth-order valence-corrected chi connectivity index (χ4v) is 4.38. The lowest BCUT2D eigenvalue weighted by atomic mass is 10.1. The number of amides is 2. The molecule has 3 aromatic carbocycles. The van der Waals surface area contributed by atoms with Crippen LogP contribution in [-0.2, 0) is 17.9 Å². The monoisotopic (exact) mass is 479 g/mol. The van der Waals surface area contributed by atoms with Crippen LogP contribution in [0.4, 0.5) is 4.79 Å². The first-order valence-corrected chi connectivity index (χ1v) is 11.5. The number of carbonyl (C=O) groups excluding carboxylic acids is 2. The number of halogens is 1. The van der Waals surface area contributed by atoms with Gasteiger partial charge in [-0.3, -0.25) is 14.5 Å². The molecule has 0 unspecified atom stereocenters. The molecule has 1 aliphatic rings. The Morgan fingerprint density at radius 2 is 1.76 bits per heavy atom. The van der Waals surface area contributed by atoms with Gasteiger partial charge >= 0.3 is 0 Å². The second-order valence-electron chi connectivity index (χ2n) is 7.58. The van der Waals surface area contributed by atoms with Gasteiger partial charge in [0.2, 0.25) is 0 Å². The number of aryl methyl sites for hydroxylation is 1. The van der Waals surface area contributed by atoms with Gasteiger partial charge in [-0.1, -0.05) is 59.6 Å². The van der Waals surface area contributed by atoms with Crippen LogP contribution in [0.5, 0.6) is 11.5 Å². The third kappa shape index (κ3) is 5.59. The fourth-order valence-electron chi connectivity index (χ4n) is 3.42. The predicted molar refractivity (Wildman–Crippen MR) is 131 cm³/mol. The first-order valence-electron chi connectivity index (χ1n) is 10.3. The number of thioether (sulfide) groups is 1. The summed E-state index contributed by atoms with van der Waals surface area (Å²) in [5, 5.41) is 0.305. The second kappa shape index (κ2) is 10.1. The highest BCUT2D eigenvalue weighted by Gasteiger charge is 2.35. The lowest BCUT2D eigenvalue weighted by Crippen LogP contribution is -2.27. The van der Waals surface area contributed by atoms with E-state index in [0.717, 1.165) is 28.5 Å². The first-order chi connectivity index (χ1) is 15.9. The van der Waals surface area contributed by atoms with Crippen molar-refractivity contribution in [1.29, 1.82) is 0 Å². The highest BCUT2D eigenvalue weighted by atomic mass is 35.5. The standard InChI is InChI=1S/C26H22ClNO4S/c1-17-4-3-5-20(12-17)16-32-22-11-8-19(13-23(22)31-2)14-24-25(29)28(26(30)33-24)15-18-6-9-21(27)10-7-18/h3-14H,15-16H2,1-2H3/b24-14-. The zero-order valence-electron chi connectivity index (χ0n) is 18.2. The molecule has 0 spiro atoms. The molecule has 1 fully saturated rings. The zero-order chi connectivity index (χ0) is 23.4. The summed E-state index contributed by atoms with van der Waals surface area (Å²) in [4.78, 5) is 26.9. The van der Waals surface area contributed by atoms with Crippen LogP contribution in [0.25, 0.3) is 6.08 Å². The van der Waals surface area contributed by atoms with Gasteiger partial charge in [-0.2, -0.15) is 0 Å². The van der Waals surface area contributed by atoms with Gasteiger partial charge in [0.15, 0.2) is 11.5 Å². The fraction of sp³-hybridized carbons (Fsp3) is 0.154. The normalized spacial score (nSPS) is 14.8. The SMILES string of the molecule is COc1cc(/C=C2\SC(=O)N(Cc3ccc(Cl)cc3)C2=O)ccc1OCc1cccc(C)c1. The molecule has 33 heavy (non-hydrogen) atoms. The molecule has 5 nitrogen and oxygen atoms in total. The number of hydrogen-bond donors (Lipinski definition) is 0. The molecule has 0 atom stereocenters. The van der Waals surface area contributed by atoms with Gasteiger partial charge in [0.25, 0.3) is 11.1 Å². The summed E-state index contributed by atoms with van der Waals surface area (Å²) in [5.74, 6) is 0.836. The van der Waals surface area contributed by atoms with Crippen LogP contribution < -0.4 is 9.47 Å². The number of methoxy groups -OCH3 is 1. The molecule has 168 valence electrons. The van der Waals surface area contributed by atoms with Crippen LogP contribution >= 0.6 is 23.4 Å². The summed E-state index contributed by atoms with van der Waals surface area (Å²) in [6.45, 7) is 2.66. The quantitative estimate of drug-likeness (QED) is 0.363. The molecule has 1 aliphatic heterocycles. The summed E-state index contributed by atoms with van der Waals surface area (Å²) in [6.07, 6.45) is 1.69. The molecule has 0 saturated carbocycles. The van der Waals surface area contributed by atoms with Crippen molar-refractivity contribution in [2.75, 3.05) is 7.11 Å². The Kier molecular flexibility index (Phi) is 7.06. The van der Waals surface area contributed by atoms with Crippen molar-refractivity contribution >= 4 is 40.6 Å². The van der Waals surface area contributed by atoms with Crippen molar-refractivity contribution < 1.29 is 19.1 Å². The molecule has 2 amide bonds. The molecule has 0 N–H and O–H groups in total. The average Bonchev–Trinajstić information content (AvgIpc) is 3.06. The topological polar surface area (TPSA) is 55.8 Å². The Morgan fingerprint density at radius 3 is 2.48 bits per heavy atom. The van der Waals surface area contributed by atoms with Gasteiger partial charge in [-0.05, 0) is 65.7 Å². The number of nitrogens with zero attached hydrogens (tertiary/aromatic N) is 1. The summed E-state index contributed by atoms with van der Waals surface area (Å²) >= 11 is 6.84. The van der Waals surface area contributed by atoms with E-state index in [2.05, 4.69) is 6.07 Å². The van der Waals surface area contributed by atoms with Gasteiger partial charge in [0.1, 0.15) is 6.61 Å². The minimum Gasteiger partial charge on any atom is -0.493 e. The van der Waals surface area contributed by atoms with E-state index in [0.29, 0.717) is 28.0 Å². The van der Waals surface area contributed by atoms with Crippen LogP contribution in [0.1, 0.15) is 22.3 Å². The van der Waals surface area contributed by atoms with E-state index in [1.165, 1.54) is 10.5 Å². The molecule has 4 rings (SSSR count). The van der Waals surface area contributed by atoms with Crippen molar-refractivity contribution in [3.8, 4) is 11.5 Å². The van der Waals surface area contributed by atoms with E-state index in [1.807, 2.05) is 31.2 Å². The zero-order valence-corrected chi connectivity index (χ0v) is 19.8. The summed E-state index contributed by atoms with van der Waals surface area (Å²) in [5.41, 5.74) is 3.81. The lowest BCUT2D eigenvalue weighted by Gasteiger charge is -2.13. The maximum absolute atomic E-state index is 12.8. The molecule has 0 aromatic heterocycles. The van der Waals surface area contributed by atoms with E-state index in [-0.39, 0.29) is 17.7 Å². The van der Waals surface area contributed by atoms with E-state index in [9.17, 15) is 9.59 Å². The number of ether oxygens (including phenoxy) is 2. The van der Waals surface area contributed by atoms with E-state index >= 15 is 0 Å². The van der Waals surface area contributed by atoms with E-state index in [4.69, 9.17) is 21.1 Å². The highest BCUT2D eigenvalue weighted by molar-refractivity contribution is 8.18. The van der Waals surface area contributed by atoms with E-state index < -0.39 is 0 Å². The van der Waals surface area contributed by atoms with Crippen LogP contribution in [0.2, 0.25) is 5.02 Å². The largest absolute Gasteiger partial charge is 0.493 e. The molecule has 1 heterocycles. The maximum Gasteiger partial charge on any atom is 0.293 e. The Hall–Kier alpha value is -3.22. The van der Waals surface area contributed by atoms with Crippen molar-refractivity contribution in [2.45, 2.75) is 20.1 Å². The van der Waals surface area contributed by atoms with Crippen molar-refractivity contribution in [1.82, 2.24) is 4.90 Å². The molecular formula is C26H22ClNO4S. The highest BCUT2D eigenvalue weighted by Crippen LogP contribution is 2.35. The Bertz CT molecular complexity index is 1220. The van der Waals surface area contributed by atoms with Gasteiger partial charge in [-0.25, -0.2) is 0 Å². The van der Waals surface area contributed by atoms with Crippen LogP contribution in [-0.4, -0.2) is 23.2 Å². The number of rotatable bonds is 7. The summed E-state index contributed by atoms with van der Waals surface area (Å²) in [7, 11) is 1.57. The molecule has 3 aromatic rings. The number of hydrogen-bond acceptors (Lipinski definition) is 5. The molecule has 0 aliphatic carbocycles. The summed E-state index contributed by atoms with van der Waals surface area (Å²) in [6, 6.07) is 20.6. The molecule has 7 heteroatoms. The third-order valence-electron chi connectivity index (χ3n) is 5.09. The average molecular weight is 480 g/mol. The van der Waals surface area contributed by atoms with Crippen LogP contribution in [0.15, 0.2) is 71.6 Å². The molecule has 0 radical (unpaired) electrons. The third-order valence-corrected chi connectivity index (χ3v) is 6.25. The first kappa shape index (κ1) is 23.0. The van der Waals surface area contributed by atoms with Gasteiger partial charge in [0, 0.05) is 5.02 Å².